The lowest BCUT2D eigenvalue weighted by atomic mass is 9.68. The number of halogens is 1. The van der Waals surface area contributed by atoms with E-state index < -0.39 is 5.60 Å². The fourth-order valence-corrected chi connectivity index (χ4v) is 3.76. The Morgan fingerprint density at radius 3 is 2.30 bits per heavy atom. The predicted octanol–water partition coefficient (Wildman–Crippen LogP) is 2.45. The minimum atomic E-state index is -0.974. The molecule has 1 N–H and O–H groups in total. The summed E-state index contributed by atoms with van der Waals surface area (Å²) < 4.78 is 18.3. The van der Waals surface area contributed by atoms with Gasteiger partial charge in [-0.2, -0.15) is 0 Å². The van der Waals surface area contributed by atoms with Gasteiger partial charge in [0, 0.05) is 20.2 Å². The molecule has 1 amide bonds. The first-order valence-corrected chi connectivity index (χ1v) is 8.26. The summed E-state index contributed by atoms with van der Waals surface area (Å²) in [4.78, 5) is 14.7. The summed E-state index contributed by atoms with van der Waals surface area (Å²) in [5, 5.41) is 10.8. The minimum Gasteiger partial charge on any atom is -0.385 e. The van der Waals surface area contributed by atoms with Crippen LogP contribution in [0.1, 0.15) is 37.7 Å². The smallest absolute Gasteiger partial charge is 0.231 e. The zero-order valence-corrected chi connectivity index (χ0v) is 13.6. The highest BCUT2D eigenvalue weighted by atomic mass is 19.1. The zero-order valence-electron chi connectivity index (χ0n) is 13.6. The van der Waals surface area contributed by atoms with Crippen LogP contribution in [0.25, 0.3) is 0 Å². The predicted molar refractivity (Wildman–Crippen MR) is 84.3 cm³/mol. The van der Waals surface area contributed by atoms with Gasteiger partial charge in [-0.15, -0.1) is 0 Å². The van der Waals surface area contributed by atoms with Crippen LogP contribution in [0.15, 0.2) is 24.3 Å². The van der Waals surface area contributed by atoms with E-state index in [1.165, 1.54) is 12.1 Å². The van der Waals surface area contributed by atoms with Crippen LogP contribution in [0, 0.1) is 11.2 Å². The number of piperidine rings is 1. The Kier molecular flexibility index (Phi) is 4.43. The number of hydrogen-bond acceptors (Lipinski definition) is 3. The highest BCUT2D eigenvalue weighted by Crippen LogP contribution is 2.44. The second kappa shape index (κ2) is 6.21. The molecule has 3 rings (SSSR count). The highest BCUT2D eigenvalue weighted by Gasteiger charge is 2.48. The third kappa shape index (κ3) is 3.00. The van der Waals surface area contributed by atoms with Crippen molar-refractivity contribution in [1.29, 1.82) is 0 Å². The Hall–Kier alpha value is -1.46. The Bertz CT molecular complexity index is 560. The Morgan fingerprint density at radius 2 is 1.83 bits per heavy atom. The number of likely N-dealkylation sites (tertiary alicyclic amines) is 1. The molecular weight excluding hydrogens is 297 g/mol. The summed E-state index contributed by atoms with van der Waals surface area (Å²) in [5.41, 5.74) is -0.597. The maximum absolute atomic E-state index is 13.0. The molecule has 1 aliphatic carbocycles. The average molecular weight is 321 g/mol. The van der Waals surface area contributed by atoms with Crippen LogP contribution < -0.4 is 0 Å². The largest absolute Gasteiger partial charge is 0.385 e. The number of hydrogen-bond donors (Lipinski definition) is 1. The van der Waals surface area contributed by atoms with E-state index in [-0.39, 0.29) is 17.1 Å². The van der Waals surface area contributed by atoms with Crippen molar-refractivity contribution in [3.8, 4) is 0 Å². The van der Waals surface area contributed by atoms with E-state index in [2.05, 4.69) is 0 Å². The van der Waals surface area contributed by atoms with Gasteiger partial charge in [-0.25, -0.2) is 4.39 Å². The van der Waals surface area contributed by atoms with Crippen molar-refractivity contribution in [2.45, 2.75) is 37.7 Å². The SMILES string of the molecule is COCC1(C(=O)N2CCC(O)(c3ccc(F)cc3)CC2)CCC1. The third-order valence-corrected chi connectivity index (χ3v) is 5.44. The lowest BCUT2D eigenvalue weighted by molar-refractivity contribution is -0.156. The summed E-state index contributed by atoms with van der Waals surface area (Å²) >= 11 is 0. The van der Waals surface area contributed by atoms with Crippen LogP contribution >= 0.6 is 0 Å². The van der Waals surface area contributed by atoms with E-state index in [0.717, 1.165) is 24.8 Å². The molecule has 2 aliphatic rings. The van der Waals surface area contributed by atoms with Gasteiger partial charge in [-0.1, -0.05) is 18.6 Å². The van der Waals surface area contributed by atoms with Crippen molar-refractivity contribution in [2.24, 2.45) is 5.41 Å². The molecule has 1 heterocycles. The molecule has 1 saturated carbocycles. The van der Waals surface area contributed by atoms with Gasteiger partial charge in [0.25, 0.3) is 0 Å². The molecule has 2 fully saturated rings. The van der Waals surface area contributed by atoms with Crippen LogP contribution in [0.5, 0.6) is 0 Å². The first-order chi connectivity index (χ1) is 11.0. The van der Waals surface area contributed by atoms with Crippen LogP contribution in [0.2, 0.25) is 0 Å². The summed E-state index contributed by atoms with van der Waals surface area (Å²) in [7, 11) is 1.64. The van der Waals surface area contributed by atoms with Gasteiger partial charge in [-0.3, -0.25) is 4.79 Å². The van der Waals surface area contributed by atoms with Crippen LogP contribution in [-0.2, 0) is 15.1 Å². The summed E-state index contributed by atoms with van der Waals surface area (Å²) in [6.07, 6.45) is 3.81. The standard InChI is InChI=1S/C18H24FNO3/c1-23-13-17(7-2-8-17)16(21)20-11-9-18(22,10-12-20)14-3-5-15(19)6-4-14/h3-6,22H,2,7-13H2,1H3. The van der Waals surface area contributed by atoms with Gasteiger partial charge in [0.1, 0.15) is 5.82 Å². The molecule has 0 spiro atoms. The molecule has 0 aromatic heterocycles. The van der Waals surface area contributed by atoms with Gasteiger partial charge in [0.15, 0.2) is 0 Å². The minimum absolute atomic E-state index is 0.159. The number of ether oxygens (including phenoxy) is 1. The van der Waals surface area contributed by atoms with E-state index in [1.54, 1.807) is 19.2 Å². The lowest BCUT2D eigenvalue weighted by Gasteiger charge is -2.46. The van der Waals surface area contributed by atoms with Crippen molar-refractivity contribution in [3.05, 3.63) is 35.6 Å². The Labute approximate surface area is 136 Å². The second-order valence-electron chi connectivity index (χ2n) is 6.90. The molecule has 1 aromatic carbocycles. The lowest BCUT2D eigenvalue weighted by Crippen LogP contribution is -2.54. The van der Waals surface area contributed by atoms with Crippen LogP contribution in [-0.4, -0.2) is 42.7 Å². The molecule has 1 aliphatic heterocycles. The van der Waals surface area contributed by atoms with Crippen molar-refractivity contribution >= 4 is 5.91 Å². The number of carbonyl (C=O) groups excluding carboxylic acids is 1. The topological polar surface area (TPSA) is 49.8 Å². The number of rotatable bonds is 4. The van der Waals surface area contributed by atoms with E-state index in [1.807, 2.05) is 4.90 Å². The number of nitrogens with zero attached hydrogens (tertiary/aromatic N) is 1. The van der Waals surface area contributed by atoms with Crippen molar-refractivity contribution in [2.75, 3.05) is 26.8 Å². The maximum atomic E-state index is 13.0. The fraction of sp³-hybridized carbons (Fsp3) is 0.611. The third-order valence-electron chi connectivity index (χ3n) is 5.44. The molecule has 1 aromatic rings. The van der Waals surface area contributed by atoms with E-state index in [9.17, 15) is 14.3 Å². The number of methoxy groups -OCH3 is 1. The van der Waals surface area contributed by atoms with Crippen molar-refractivity contribution in [3.63, 3.8) is 0 Å². The molecule has 5 heteroatoms. The number of amides is 1. The van der Waals surface area contributed by atoms with Gasteiger partial charge in [0.2, 0.25) is 5.91 Å². The van der Waals surface area contributed by atoms with E-state index in [0.29, 0.717) is 32.5 Å². The molecular formula is C18H24FNO3. The average Bonchev–Trinajstić information content (AvgIpc) is 2.51. The van der Waals surface area contributed by atoms with Crippen LogP contribution in [0.4, 0.5) is 4.39 Å². The first kappa shape index (κ1) is 16.4. The van der Waals surface area contributed by atoms with Gasteiger partial charge < -0.3 is 14.7 Å². The summed E-state index contributed by atoms with van der Waals surface area (Å²) in [6, 6.07) is 6.00. The molecule has 1 saturated heterocycles. The fourth-order valence-electron chi connectivity index (χ4n) is 3.76. The van der Waals surface area contributed by atoms with Gasteiger partial charge >= 0.3 is 0 Å². The van der Waals surface area contributed by atoms with Crippen molar-refractivity contribution < 1.29 is 19.0 Å². The second-order valence-corrected chi connectivity index (χ2v) is 6.90. The number of aliphatic hydroxyl groups is 1. The molecule has 0 unspecified atom stereocenters. The molecule has 126 valence electrons. The highest BCUT2D eigenvalue weighted by molar-refractivity contribution is 5.84. The van der Waals surface area contributed by atoms with Gasteiger partial charge in [-0.05, 0) is 43.4 Å². The maximum Gasteiger partial charge on any atom is 0.231 e. The Balaban J connectivity index is 1.66. The summed E-state index contributed by atoms with van der Waals surface area (Å²) in [5.74, 6) is -0.150. The first-order valence-electron chi connectivity index (χ1n) is 8.26. The Morgan fingerprint density at radius 1 is 1.22 bits per heavy atom. The number of carbonyl (C=O) groups is 1. The van der Waals surface area contributed by atoms with E-state index in [4.69, 9.17) is 4.74 Å². The number of benzene rings is 1. The molecule has 0 bridgehead atoms. The molecule has 0 atom stereocenters. The van der Waals surface area contributed by atoms with Crippen molar-refractivity contribution in [1.82, 2.24) is 4.90 Å². The zero-order chi connectivity index (χ0) is 16.5. The quantitative estimate of drug-likeness (QED) is 0.927. The van der Waals surface area contributed by atoms with E-state index >= 15 is 0 Å². The molecule has 4 nitrogen and oxygen atoms in total. The summed E-state index contributed by atoms with van der Waals surface area (Å²) in [6.45, 7) is 1.53. The van der Waals surface area contributed by atoms with Gasteiger partial charge in [0.05, 0.1) is 17.6 Å². The monoisotopic (exact) mass is 321 g/mol. The normalized spacial score (nSPS) is 22.5. The molecule has 23 heavy (non-hydrogen) atoms. The molecule has 0 radical (unpaired) electrons. The van der Waals surface area contributed by atoms with Crippen LogP contribution in [0.3, 0.4) is 0 Å².